The van der Waals surface area contributed by atoms with Crippen LogP contribution in [0.1, 0.15) is 26.2 Å². The lowest BCUT2D eigenvalue weighted by Crippen LogP contribution is -2.46. The molecule has 1 aliphatic rings. The number of amides is 1. The Morgan fingerprint density at radius 3 is 2.50 bits per heavy atom. The molecule has 1 amide bonds. The van der Waals surface area contributed by atoms with Gasteiger partial charge in [0.05, 0.1) is 0 Å². The predicted octanol–water partition coefficient (Wildman–Crippen LogP) is 1.85. The summed E-state index contributed by atoms with van der Waals surface area (Å²) in [7, 11) is 2.14. The molecule has 4 heteroatoms. The van der Waals surface area contributed by atoms with Gasteiger partial charge >= 0.3 is 0 Å². The van der Waals surface area contributed by atoms with Crippen LogP contribution in [0.25, 0.3) is 0 Å². The molecule has 0 aromatic heterocycles. The molecule has 0 radical (unpaired) electrons. The molecular weight excluding hydrogens is 250 g/mol. The van der Waals surface area contributed by atoms with Crippen molar-refractivity contribution < 1.29 is 4.79 Å². The monoisotopic (exact) mass is 275 g/mol. The van der Waals surface area contributed by atoms with Crippen molar-refractivity contribution in [2.45, 2.75) is 38.3 Å². The van der Waals surface area contributed by atoms with Gasteiger partial charge in [-0.1, -0.05) is 18.2 Å². The Hall–Kier alpha value is -1.55. The second kappa shape index (κ2) is 6.75. The molecule has 4 nitrogen and oxygen atoms in total. The van der Waals surface area contributed by atoms with E-state index in [2.05, 4.69) is 36.2 Å². The van der Waals surface area contributed by atoms with Gasteiger partial charge in [-0.25, -0.2) is 0 Å². The average molecular weight is 275 g/mol. The van der Waals surface area contributed by atoms with E-state index in [1.54, 1.807) is 0 Å². The second-order valence-electron chi connectivity index (χ2n) is 5.74. The topological polar surface area (TPSA) is 49.6 Å². The zero-order chi connectivity index (χ0) is 14.5. The van der Waals surface area contributed by atoms with Crippen LogP contribution in [0.4, 0.5) is 5.69 Å². The summed E-state index contributed by atoms with van der Waals surface area (Å²) in [5, 5.41) is 0. The minimum absolute atomic E-state index is 0.0489. The highest BCUT2D eigenvalue weighted by atomic mass is 16.2. The summed E-state index contributed by atoms with van der Waals surface area (Å²) in [6, 6.07) is 10.9. The number of nitrogens with zero attached hydrogens (tertiary/aromatic N) is 2. The number of piperidine rings is 1. The third kappa shape index (κ3) is 3.73. The molecule has 1 unspecified atom stereocenters. The quantitative estimate of drug-likeness (QED) is 0.912. The fourth-order valence-electron chi connectivity index (χ4n) is 2.78. The van der Waals surface area contributed by atoms with Crippen molar-refractivity contribution in [2.75, 3.05) is 25.0 Å². The Bertz CT molecular complexity index is 425. The molecule has 1 fully saturated rings. The third-order valence-electron chi connectivity index (χ3n) is 4.02. The Morgan fingerprint density at radius 1 is 1.35 bits per heavy atom. The Kier molecular flexibility index (Phi) is 5.01. The zero-order valence-corrected chi connectivity index (χ0v) is 12.5. The van der Waals surface area contributed by atoms with Gasteiger partial charge in [-0.2, -0.15) is 0 Å². The Balaban J connectivity index is 1.87. The number of likely N-dealkylation sites (tertiary alicyclic amines) is 1. The van der Waals surface area contributed by atoms with Crippen LogP contribution in [0.3, 0.4) is 0 Å². The number of hydrogen-bond donors (Lipinski definition) is 1. The van der Waals surface area contributed by atoms with Crippen molar-refractivity contribution in [3.8, 4) is 0 Å². The second-order valence-corrected chi connectivity index (χ2v) is 5.74. The van der Waals surface area contributed by atoms with Gasteiger partial charge in [0.15, 0.2) is 0 Å². The molecule has 1 aliphatic heterocycles. The number of para-hydroxylation sites is 1. The first-order valence-corrected chi connectivity index (χ1v) is 7.39. The predicted molar refractivity (Wildman–Crippen MR) is 82.7 cm³/mol. The van der Waals surface area contributed by atoms with Gasteiger partial charge in [-0.3, -0.25) is 4.79 Å². The third-order valence-corrected chi connectivity index (χ3v) is 4.02. The summed E-state index contributed by atoms with van der Waals surface area (Å²) in [4.78, 5) is 16.3. The van der Waals surface area contributed by atoms with Crippen LogP contribution in [-0.2, 0) is 4.79 Å². The van der Waals surface area contributed by atoms with E-state index in [0.717, 1.165) is 25.9 Å². The maximum atomic E-state index is 12.0. The van der Waals surface area contributed by atoms with Crippen LogP contribution in [0.2, 0.25) is 0 Å². The number of carbonyl (C=O) groups is 1. The molecule has 2 rings (SSSR count). The average Bonchev–Trinajstić information content (AvgIpc) is 2.47. The van der Waals surface area contributed by atoms with Crippen LogP contribution in [-0.4, -0.2) is 43.0 Å². The van der Waals surface area contributed by atoms with Crippen molar-refractivity contribution >= 4 is 11.6 Å². The summed E-state index contributed by atoms with van der Waals surface area (Å²) in [6.07, 6.45) is 2.51. The standard InChI is InChI=1S/C16H25N3O/c1-13(17)12-16(20)19-10-8-15(9-11-19)18(2)14-6-4-3-5-7-14/h3-7,13,15H,8-12,17H2,1-2H3. The molecule has 0 aliphatic carbocycles. The van der Waals surface area contributed by atoms with E-state index in [-0.39, 0.29) is 11.9 Å². The maximum Gasteiger partial charge on any atom is 0.224 e. The van der Waals surface area contributed by atoms with Crippen molar-refractivity contribution in [2.24, 2.45) is 5.73 Å². The molecule has 2 N–H and O–H groups in total. The molecule has 1 aromatic carbocycles. The largest absolute Gasteiger partial charge is 0.371 e. The van der Waals surface area contributed by atoms with Crippen molar-refractivity contribution in [3.05, 3.63) is 30.3 Å². The number of rotatable bonds is 4. The molecule has 0 saturated carbocycles. The summed E-state index contributed by atoms with van der Waals surface area (Å²) in [5.41, 5.74) is 6.94. The van der Waals surface area contributed by atoms with Gasteiger partial charge in [-0.15, -0.1) is 0 Å². The van der Waals surface area contributed by atoms with Crippen LogP contribution in [0.15, 0.2) is 30.3 Å². The minimum atomic E-state index is -0.0489. The number of nitrogens with two attached hydrogens (primary N) is 1. The number of anilines is 1. The summed E-state index contributed by atoms with van der Waals surface area (Å²) in [5.74, 6) is 0.195. The van der Waals surface area contributed by atoms with Crippen LogP contribution in [0, 0.1) is 0 Å². The van der Waals surface area contributed by atoms with E-state index in [9.17, 15) is 4.79 Å². The first kappa shape index (κ1) is 14.9. The molecule has 110 valence electrons. The molecule has 20 heavy (non-hydrogen) atoms. The number of hydrogen-bond acceptors (Lipinski definition) is 3. The molecule has 0 spiro atoms. The van der Waals surface area contributed by atoms with E-state index in [4.69, 9.17) is 5.73 Å². The summed E-state index contributed by atoms with van der Waals surface area (Å²) >= 11 is 0. The Labute approximate surface area is 121 Å². The highest BCUT2D eigenvalue weighted by molar-refractivity contribution is 5.76. The van der Waals surface area contributed by atoms with Gasteiger partial charge < -0.3 is 15.5 Å². The molecule has 1 atom stereocenters. The van der Waals surface area contributed by atoms with Crippen molar-refractivity contribution in [1.29, 1.82) is 0 Å². The highest BCUT2D eigenvalue weighted by Gasteiger charge is 2.25. The first-order valence-electron chi connectivity index (χ1n) is 7.39. The van der Waals surface area contributed by atoms with Gasteiger partial charge in [0.25, 0.3) is 0 Å². The van der Waals surface area contributed by atoms with E-state index in [1.807, 2.05) is 17.9 Å². The van der Waals surface area contributed by atoms with E-state index >= 15 is 0 Å². The maximum absolute atomic E-state index is 12.0. The highest BCUT2D eigenvalue weighted by Crippen LogP contribution is 2.22. The lowest BCUT2D eigenvalue weighted by Gasteiger charge is -2.38. The van der Waals surface area contributed by atoms with Gasteiger partial charge in [0.2, 0.25) is 5.91 Å². The van der Waals surface area contributed by atoms with E-state index in [1.165, 1.54) is 5.69 Å². The fourth-order valence-corrected chi connectivity index (χ4v) is 2.78. The molecule has 0 bridgehead atoms. The van der Waals surface area contributed by atoms with Crippen LogP contribution >= 0.6 is 0 Å². The molecule has 1 heterocycles. The first-order chi connectivity index (χ1) is 9.58. The SMILES string of the molecule is CC(N)CC(=O)N1CCC(N(C)c2ccccc2)CC1. The van der Waals surface area contributed by atoms with Gasteiger partial charge in [-0.05, 0) is 31.9 Å². The van der Waals surface area contributed by atoms with Crippen LogP contribution < -0.4 is 10.6 Å². The fraction of sp³-hybridized carbons (Fsp3) is 0.562. The molecule has 1 aromatic rings. The normalized spacial score (nSPS) is 17.9. The Morgan fingerprint density at radius 2 is 1.95 bits per heavy atom. The summed E-state index contributed by atoms with van der Waals surface area (Å²) in [6.45, 7) is 3.56. The zero-order valence-electron chi connectivity index (χ0n) is 12.5. The van der Waals surface area contributed by atoms with Crippen molar-refractivity contribution in [1.82, 2.24) is 4.90 Å². The van der Waals surface area contributed by atoms with Gasteiger partial charge in [0.1, 0.15) is 0 Å². The molecule has 1 saturated heterocycles. The lowest BCUT2D eigenvalue weighted by atomic mass is 10.0. The lowest BCUT2D eigenvalue weighted by molar-refractivity contribution is -0.132. The van der Waals surface area contributed by atoms with Crippen LogP contribution in [0.5, 0.6) is 0 Å². The number of benzene rings is 1. The number of carbonyl (C=O) groups excluding carboxylic acids is 1. The van der Waals surface area contributed by atoms with Gasteiger partial charge in [0, 0.05) is 44.3 Å². The smallest absolute Gasteiger partial charge is 0.224 e. The van der Waals surface area contributed by atoms with E-state index < -0.39 is 0 Å². The minimum Gasteiger partial charge on any atom is -0.371 e. The van der Waals surface area contributed by atoms with Crippen molar-refractivity contribution in [3.63, 3.8) is 0 Å². The van der Waals surface area contributed by atoms with E-state index in [0.29, 0.717) is 12.5 Å². The summed E-state index contributed by atoms with van der Waals surface area (Å²) < 4.78 is 0. The molecular formula is C16H25N3O.